The second-order valence-corrected chi connectivity index (χ2v) is 13.3. The number of nitrogen functional groups attached to an aromatic ring is 1. The van der Waals surface area contributed by atoms with Crippen molar-refractivity contribution >= 4 is 62.9 Å². The van der Waals surface area contributed by atoms with E-state index >= 15 is 0 Å². The van der Waals surface area contributed by atoms with E-state index in [9.17, 15) is 22.0 Å². The smallest absolute Gasteiger partial charge is 0.244 e. The number of aromatic nitrogens is 2. The Balaban J connectivity index is 0.00000253. The van der Waals surface area contributed by atoms with Crippen molar-refractivity contribution in [2.24, 2.45) is 5.92 Å². The van der Waals surface area contributed by atoms with Gasteiger partial charge in [-0.3, -0.25) is 4.79 Å². The number of anilines is 2. The van der Waals surface area contributed by atoms with Crippen LogP contribution in [0.5, 0.6) is 5.88 Å². The molecule has 10 nitrogen and oxygen atoms in total. The topological polar surface area (TPSA) is 131 Å². The predicted molar refractivity (Wildman–Crippen MR) is 166 cm³/mol. The number of nitrogens with zero attached hydrogens (tertiary/aromatic N) is 4. The zero-order valence-corrected chi connectivity index (χ0v) is 26.6. The van der Waals surface area contributed by atoms with Crippen molar-refractivity contribution < 1.29 is 26.7 Å². The van der Waals surface area contributed by atoms with Crippen molar-refractivity contribution in [3.8, 4) is 5.88 Å². The fourth-order valence-electron chi connectivity index (χ4n) is 5.17. The number of piperidine rings is 2. The number of halogens is 4. The molecule has 2 fully saturated rings. The summed E-state index contributed by atoms with van der Waals surface area (Å²) >= 11 is 0.907. The number of carbonyl (C=O) groups excluding carboxylic acids is 1. The highest BCUT2D eigenvalue weighted by Crippen LogP contribution is 2.31. The molecule has 0 amide bonds. The summed E-state index contributed by atoms with van der Waals surface area (Å²) in [6.07, 6.45) is 4.53. The molecule has 4 heterocycles. The average Bonchev–Trinajstić information content (AvgIpc) is 3.32. The Bertz CT molecular complexity index is 1490. The van der Waals surface area contributed by atoms with Gasteiger partial charge in [-0.25, -0.2) is 27.2 Å². The van der Waals surface area contributed by atoms with Gasteiger partial charge in [0.05, 0.1) is 18.4 Å². The third-order valence-electron chi connectivity index (χ3n) is 7.37. The van der Waals surface area contributed by atoms with Crippen LogP contribution >= 0.6 is 36.2 Å². The molecule has 3 N–H and O–H groups in total. The lowest BCUT2D eigenvalue weighted by Gasteiger charge is -2.31. The largest absolute Gasteiger partial charge is 0.477 e. The molecule has 1 atom stereocenters. The fraction of sp³-hybridized carbons (Fsp3) is 0.444. The Morgan fingerprint density at radius 2 is 1.81 bits per heavy atom. The molecule has 2 aromatic heterocycles. The van der Waals surface area contributed by atoms with Gasteiger partial charge in [0.25, 0.3) is 0 Å². The zero-order chi connectivity index (χ0) is 29.1. The molecule has 0 saturated carbocycles. The maximum atomic E-state index is 14.1. The number of carbonyl (C=O) groups is 1. The second kappa shape index (κ2) is 14.9. The van der Waals surface area contributed by atoms with E-state index < -0.39 is 33.0 Å². The van der Waals surface area contributed by atoms with E-state index in [1.54, 1.807) is 6.07 Å². The Hall–Kier alpha value is -2.62. The standard InChI is InChI=1S/C27H32F2N6O4S2.2ClH/c1-34-11-3-4-17(15-34)16-39-22-8-7-19(14-31-22)41(37,38)35-12-9-18(10-13-35)32-27-33-26(30)25(40-27)24(36)23-20(28)5-2-6-21(23)29;;/h2,5-8,14,17-18H,3-4,9-13,15-16,30H2,1H3,(H,32,33);2*1H/t17-;;/m0../s1. The maximum absolute atomic E-state index is 14.1. The van der Waals surface area contributed by atoms with Crippen molar-refractivity contribution in [1.82, 2.24) is 19.2 Å². The molecule has 0 bridgehead atoms. The van der Waals surface area contributed by atoms with Crippen LogP contribution in [-0.2, 0) is 10.0 Å². The highest BCUT2D eigenvalue weighted by Gasteiger charge is 2.31. The van der Waals surface area contributed by atoms with Gasteiger partial charge >= 0.3 is 0 Å². The van der Waals surface area contributed by atoms with E-state index in [2.05, 4.69) is 27.2 Å². The van der Waals surface area contributed by atoms with E-state index in [0.29, 0.717) is 36.4 Å². The molecule has 0 spiro atoms. The minimum absolute atomic E-state index is 0. The van der Waals surface area contributed by atoms with E-state index in [4.69, 9.17) is 10.5 Å². The molecule has 16 heteroatoms. The molecule has 236 valence electrons. The first-order valence-electron chi connectivity index (χ1n) is 13.4. The zero-order valence-electron chi connectivity index (χ0n) is 23.4. The van der Waals surface area contributed by atoms with Crippen LogP contribution in [-0.4, -0.2) is 79.2 Å². The van der Waals surface area contributed by atoms with Gasteiger partial charge in [-0.05, 0) is 57.5 Å². The van der Waals surface area contributed by atoms with Crippen LogP contribution in [0, 0.1) is 17.6 Å². The first kappa shape index (κ1) is 34.9. The first-order chi connectivity index (χ1) is 19.6. The molecule has 1 aromatic carbocycles. The van der Waals surface area contributed by atoms with Gasteiger partial charge < -0.3 is 20.7 Å². The molecule has 3 aromatic rings. The van der Waals surface area contributed by atoms with Crippen molar-refractivity contribution in [1.29, 1.82) is 0 Å². The number of rotatable bonds is 9. The van der Waals surface area contributed by atoms with Gasteiger partial charge in [0, 0.05) is 37.7 Å². The third-order valence-corrected chi connectivity index (χ3v) is 10.3. The van der Waals surface area contributed by atoms with Gasteiger partial charge in [0.15, 0.2) is 5.13 Å². The third kappa shape index (κ3) is 8.11. The molecular weight excluding hydrogens is 645 g/mol. The van der Waals surface area contributed by atoms with Crippen molar-refractivity contribution in [2.45, 2.75) is 36.6 Å². The summed E-state index contributed by atoms with van der Waals surface area (Å²) in [7, 11) is -1.65. The highest BCUT2D eigenvalue weighted by atomic mass is 35.5. The van der Waals surface area contributed by atoms with Crippen LogP contribution in [0.25, 0.3) is 0 Å². The van der Waals surface area contributed by atoms with Gasteiger partial charge in [0.2, 0.25) is 21.7 Å². The molecule has 0 radical (unpaired) electrons. The first-order valence-corrected chi connectivity index (χ1v) is 15.7. The van der Waals surface area contributed by atoms with Crippen LogP contribution in [0.15, 0.2) is 41.4 Å². The van der Waals surface area contributed by atoms with Crippen LogP contribution < -0.4 is 15.8 Å². The lowest BCUT2D eigenvalue weighted by Crippen LogP contribution is -2.42. The monoisotopic (exact) mass is 678 g/mol. The van der Waals surface area contributed by atoms with Crippen molar-refractivity contribution in [3.63, 3.8) is 0 Å². The summed E-state index contributed by atoms with van der Waals surface area (Å²) in [5.41, 5.74) is 5.21. The normalized spacial score (nSPS) is 18.3. The van der Waals surface area contributed by atoms with Gasteiger partial charge in [-0.15, -0.1) is 24.8 Å². The summed E-state index contributed by atoms with van der Waals surface area (Å²) < 4.78 is 61.8. The summed E-state index contributed by atoms with van der Waals surface area (Å²) in [5.74, 6) is -2.13. The minimum atomic E-state index is -3.74. The number of hydrogen-bond acceptors (Lipinski definition) is 10. The highest BCUT2D eigenvalue weighted by molar-refractivity contribution is 7.89. The predicted octanol–water partition coefficient (Wildman–Crippen LogP) is 4.46. The summed E-state index contributed by atoms with van der Waals surface area (Å²) in [5, 5.41) is 3.50. The number of nitrogens with one attached hydrogen (secondary N) is 1. The summed E-state index contributed by atoms with van der Waals surface area (Å²) in [6.45, 7) is 3.14. The molecule has 2 saturated heterocycles. The summed E-state index contributed by atoms with van der Waals surface area (Å²) in [6, 6.07) is 6.16. The van der Waals surface area contributed by atoms with Crippen molar-refractivity contribution in [3.05, 3.63) is 58.6 Å². The number of ketones is 1. The molecular formula is C27H34Cl2F2N6O4S2. The Labute approximate surface area is 265 Å². The quantitative estimate of drug-likeness (QED) is 0.315. The lowest BCUT2D eigenvalue weighted by atomic mass is 10.00. The molecule has 2 aliphatic rings. The fourth-order valence-corrected chi connectivity index (χ4v) is 7.49. The van der Waals surface area contributed by atoms with Crippen molar-refractivity contribution in [2.75, 3.05) is 50.9 Å². The Morgan fingerprint density at radius 3 is 2.44 bits per heavy atom. The van der Waals surface area contributed by atoms with Gasteiger partial charge in [0.1, 0.15) is 27.2 Å². The average molecular weight is 680 g/mol. The SMILES string of the molecule is CN1CCC[C@H](COc2ccc(S(=O)(=O)N3CCC(Nc4nc(N)c(C(=O)c5c(F)cccc5F)s4)CC3)cn2)C1.Cl.Cl. The maximum Gasteiger partial charge on any atom is 0.244 e. The minimum Gasteiger partial charge on any atom is -0.477 e. The van der Waals surface area contributed by atoms with E-state index in [1.165, 1.54) is 22.6 Å². The van der Waals surface area contributed by atoms with E-state index in [0.717, 1.165) is 49.4 Å². The number of sulfonamides is 1. The van der Waals surface area contributed by atoms with Crippen LogP contribution in [0.3, 0.4) is 0 Å². The molecule has 0 aliphatic carbocycles. The number of benzene rings is 1. The second-order valence-electron chi connectivity index (χ2n) is 10.4. The number of ether oxygens (including phenoxy) is 1. The number of likely N-dealkylation sites (tertiary alicyclic amines) is 1. The lowest BCUT2D eigenvalue weighted by molar-refractivity contribution is 0.103. The Kier molecular flexibility index (Phi) is 12.1. The van der Waals surface area contributed by atoms with E-state index in [1.807, 2.05) is 0 Å². The number of hydrogen-bond donors (Lipinski definition) is 2. The summed E-state index contributed by atoms with van der Waals surface area (Å²) in [4.78, 5) is 23.4. The number of pyridine rings is 1. The van der Waals surface area contributed by atoms with Crippen LogP contribution in [0.4, 0.5) is 19.7 Å². The molecule has 0 unspecified atom stereocenters. The van der Waals surface area contributed by atoms with Gasteiger partial charge in [-0.1, -0.05) is 17.4 Å². The van der Waals surface area contributed by atoms with Gasteiger partial charge in [-0.2, -0.15) is 4.31 Å². The molecule has 5 rings (SSSR count). The van der Waals surface area contributed by atoms with Crippen LogP contribution in [0.2, 0.25) is 0 Å². The number of nitrogens with two attached hydrogens (primary N) is 1. The molecule has 43 heavy (non-hydrogen) atoms. The number of thiazole rings is 1. The Morgan fingerprint density at radius 1 is 1.12 bits per heavy atom. The van der Waals surface area contributed by atoms with E-state index in [-0.39, 0.29) is 59.5 Å². The van der Waals surface area contributed by atoms with Crippen LogP contribution in [0.1, 0.15) is 40.9 Å². The molecule has 2 aliphatic heterocycles.